The van der Waals surface area contributed by atoms with E-state index in [1.807, 2.05) is 11.0 Å². The van der Waals surface area contributed by atoms with Crippen molar-refractivity contribution >= 4 is 11.8 Å². The van der Waals surface area contributed by atoms with Crippen LogP contribution in [-0.4, -0.2) is 47.1 Å². The van der Waals surface area contributed by atoms with Crippen LogP contribution in [0.4, 0.5) is 0 Å². The molecule has 20 heavy (non-hydrogen) atoms. The summed E-state index contributed by atoms with van der Waals surface area (Å²) in [7, 11) is 0. The highest BCUT2D eigenvalue weighted by Gasteiger charge is 2.51. The fourth-order valence-corrected chi connectivity index (χ4v) is 2.75. The summed E-state index contributed by atoms with van der Waals surface area (Å²) in [4.78, 5) is 25.4. The van der Waals surface area contributed by atoms with E-state index in [9.17, 15) is 14.7 Å². The van der Waals surface area contributed by atoms with Gasteiger partial charge < -0.3 is 5.11 Å². The monoisotopic (exact) mass is 274 g/mol. The van der Waals surface area contributed by atoms with E-state index in [1.165, 1.54) is 0 Å². The van der Waals surface area contributed by atoms with Gasteiger partial charge in [-0.2, -0.15) is 0 Å². The maximum Gasteiger partial charge on any atom is 0.257 e. The van der Waals surface area contributed by atoms with Gasteiger partial charge in [-0.15, -0.1) is 0 Å². The Bertz CT molecular complexity index is 519. The molecule has 2 aliphatic rings. The highest BCUT2D eigenvalue weighted by atomic mass is 16.3. The van der Waals surface area contributed by atoms with E-state index in [4.69, 9.17) is 0 Å². The first-order valence-corrected chi connectivity index (χ1v) is 6.91. The molecule has 0 unspecified atom stereocenters. The van der Waals surface area contributed by atoms with Crippen molar-refractivity contribution < 1.29 is 14.7 Å². The Morgan fingerprint density at radius 2 is 1.90 bits per heavy atom. The van der Waals surface area contributed by atoms with Crippen LogP contribution in [0.5, 0.6) is 0 Å². The smallest absolute Gasteiger partial charge is 0.257 e. The minimum absolute atomic E-state index is 0.160. The molecule has 106 valence electrons. The number of nitrogens with one attached hydrogen (secondary N) is 1. The first kappa shape index (κ1) is 13.3. The molecule has 1 aliphatic carbocycles. The molecule has 0 bridgehead atoms. The number of hydrogen-bond acceptors (Lipinski definition) is 4. The first-order chi connectivity index (χ1) is 9.57. The number of benzene rings is 1. The van der Waals surface area contributed by atoms with Crippen LogP contribution in [0, 0.1) is 5.92 Å². The number of carbonyl (C=O) groups excluding carboxylic acids is 2. The van der Waals surface area contributed by atoms with Crippen LogP contribution in [0.3, 0.4) is 0 Å². The fraction of sp³-hybridized carbons (Fsp3) is 0.467. The molecule has 5 heteroatoms. The Kier molecular flexibility index (Phi) is 3.31. The van der Waals surface area contributed by atoms with Gasteiger partial charge >= 0.3 is 0 Å². The topological polar surface area (TPSA) is 69.6 Å². The number of carbonyl (C=O) groups is 2. The van der Waals surface area contributed by atoms with Gasteiger partial charge in [-0.25, -0.2) is 0 Å². The third-order valence-electron chi connectivity index (χ3n) is 3.99. The molecule has 1 aromatic carbocycles. The molecule has 0 aromatic heterocycles. The summed E-state index contributed by atoms with van der Waals surface area (Å²) in [6.45, 7) is 1.23. The second-order valence-corrected chi connectivity index (χ2v) is 5.77. The lowest BCUT2D eigenvalue weighted by Crippen LogP contribution is -2.64. The van der Waals surface area contributed by atoms with Gasteiger partial charge in [0.1, 0.15) is 0 Å². The highest BCUT2D eigenvalue weighted by molar-refractivity contribution is 6.05. The van der Waals surface area contributed by atoms with Crippen LogP contribution in [0.15, 0.2) is 30.3 Å². The third kappa shape index (κ3) is 2.73. The van der Waals surface area contributed by atoms with Crippen LogP contribution in [0.2, 0.25) is 0 Å². The summed E-state index contributed by atoms with van der Waals surface area (Å²) in [6, 6.07) is 8.66. The van der Waals surface area contributed by atoms with E-state index in [0.717, 1.165) is 12.8 Å². The van der Waals surface area contributed by atoms with E-state index >= 15 is 0 Å². The zero-order valence-corrected chi connectivity index (χ0v) is 11.2. The average Bonchev–Trinajstić information content (AvgIpc) is 3.22. The SMILES string of the molecule is O=C(CN1CC(O)(C2CC2)C1)NC(=O)c1ccccc1. The molecule has 1 aliphatic heterocycles. The van der Waals surface area contributed by atoms with E-state index in [1.54, 1.807) is 24.3 Å². The Morgan fingerprint density at radius 1 is 1.25 bits per heavy atom. The number of amides is 2. The molecule has 0 spiro atoms. The van der Waals surface area contributed by atoms with Crippen molar-refractivity contribution in [2.24, 2.45) is 5.92 Å². The fourth-order valence-electron chi connectivity index (χ4n) is 2.75. The van der Waals surface area contributed by atoms with Crippen LogP contribution in [0.25, 0.3) is 0 Å². The lowest BCUT2D eigenvalue weighted by Gasteiger charge is -2.46. The second-order valence-electron chi connectivity index (χ2n) is 5.77. The lowest BCUT2D eigenvalue weighted by molar-refractivity contribution is -0.135. The van der Waals surface area contributed by atoms with Crippen LogP contribution in [-0.2, 0) is 4.79 Å². The molecular formula is C15H18N2O3. The zero-order valence-electron chi connectivity index (χ0n) is 11.2. The Hall–Kier alpha value is -1.72. The summed E-state index contributed by atoms with van der Waals surface area (Å²) in [6.07, 6.45) is 2.17. The maximum atomic E-state index is 11.8. The van der Waals surface area contributed by atoms with Crippen LogP contribution < -0.4 is 5.32 Å². The first-order valence-electron chi connectivity index (χ1n) is 6.91. The molecular weight excluding hydrogens is 256 g/mol. The van der Waals surface area contributed by atoms with E-state index < -0.39 is 5.60 Å². The molecule has 0 radical (unpaired) electrons. The number of imide groups is 1. The molecule has 0 atom stereocenters. The summed E-state index contributed by atoms with van der Waals surface area (Å²) in [5, 5.41) is 12.5. The van der Waals surface area contributed by atoms with Gasteiger partial charge in [0.15, 0.2) is 0 Å². The van der Waals surface area contributed by atoms with Crippen LogP contribution >= 0.6 is 0 Å². The van der Waals surface area contributed by atoms with Gasteiger partial charge in [-0.05, 0) is 30.9 Å². The van der Waals surface area contributed by atoms with E-state index in [2.05, 4.69) is 5.32 Å². The number of aliphatic hydroxyl groups is 1. The number of β-amino-alcohol motifs (C(OH)–C–C–N with tert-alkyl or cyclic N) is 1. The van der Waals surface area contributed by atoms with Gasteiger partial charge in [0.25, 0.3) is 5.91 Å². The van der Waals surface area contributed by atoms with Crippen molar-refractivity contribution in [2.75, 3.05) is 19.6 Å². The molecule has 1 aromatic rings. The molecule has 5 nitrogen and oxygen atoms in total. The minimum Gasteiger partial charge on any atom is -0.387 e. The van der Waals surface area contributed by atoms with Crippen molar-refractivity contribution in [1.29, 1.82) is 0 Å². The largest absolute Gasteiger partial charge is 0.387 e. The predicted octanol–water partition coefficient (Wildman–Crippen LogP) is 0.400. The van der Waals surface area contributed by atoms with Gasteiger partial charge in [0.2, 0.25) is 5.91 Å². The van der Waals surface area contributed by atoms with Crippen molar-refractivity contribution in [3.63, 3.8) is 0 Å². The third-order valence-corrected chi connectivity index (χ3v) is 3.99. The van der Waals surface area contributed by atoms with E-state index in [0.29, 0.717) is 24.6 Å². The van der Waals surface area contributed by atoms with Crippen LogP contribution in [0.1, 0.15) is 23.2 Å². The minimum atomic E-state index is -0.594. The Labute approximate surface area is 117 Å². The van der Waals surface area contributed by atoms with E-state index in [-0.39, 0.29) is 18.4 Å². The predicted molar refractivity (Wildman–Crippen MR) is 73.0 cm³/mol. The standard InChI is InChI=1S/C15H18N2O3/c18-13(16-14(19)11-4-2-1-3-5-11)8-17-9-15(20,10-17)12-6-7-12/h1-5,12,20H,6-10H2,(H,16,18,19). The highest BCUT2D eigenvalue weighted by Crippen LogP contribution is 2.44. The number of nitrogens with zero attached hydrogens (tertiary/aromatic N) is 1. The molecule has 3 rings (SSSR count). The Balaban J connectivity index is 1.45. The number of likely N-dealkylation sites (tertiary alicyclic amines) is 1. The normalized spacial score (nSPS) is 21.1. The van der Waals surface area contributed by atoms with Gasteiger partial charge in [0, 0.05) is 18.7 Å². The molecule has 1 heterocycles. The molecule has 1 saturated heterocycles. The number of rotatable bonds is 4. The molecule has 2 N–H and O–H groups in total. The molecule has 2 fully saturated rings. The van der Waals surface area contributed by atoms with Crippen molar-refractivity contribution in [1.82, 2.24) is 10.2 Å². The average molecular weight is 274 g/mol. The van der Waals surface area contributed by atoms with Gasteiger partial charge in [-0.1, -0.05) is 18.2 Å². The lowest BCUT2D eigenvalue weighted by atomic mass is 9.89. The maximum absolute atomic E-state index is 11.8. The van der Waals surface area contributed by atoms with Gasteiger partial charge in [0.05, 0.1) is 12.1 Å². The quantitative estimate of drug-likeness (QED) is 0.834. The summed E-state index contributed by atoms with van der Waals surface area (Å²) >= 11 is 0. The summed E-state index contributed by atoms with van der Waals surface area (Å²) in [5.41, 5.74) is -0.122. The van der Waals surface area contributed by atoms with Gasteiger partial charge in [-0.3, -0.25) is 19.8 Å². The van der Waals surface area contributed by atoms with Crippen molar-refractivity contribution in [3.8, 4) is 0 Å². The zero-order chi connectivity index (χ0) is 14.2. The number of hydrogen-bond donors (Lipinski definition) is 2. The summed E-state index contributed by atoms with van der Waals surface area (Å²) in [5.74, 6) is -0.293. The van der Waals surface area contributed by atoms with Crippen molar-refractivity contribution in [2.45, 2.75) is 18.4 Å². The second kappa shape index (κ2) is 5.00. The summed E-state index contributed by atoms with van der Waals surface area (Å²) < 4.78 is 0. The molecule has 2 amide bonds. The Morgan fingerprint density at radius 3 is 2.50 bits per heavy atom. The molecule has 1 saturated carbocycles. The van der Waals surface area contributed by atoms with Crippen molar-refractivity contribution in [3.05, 3.63) is 35.9 Å².